The average Bonchev–Trinajstić information content (AvgIpc) is 3.52. The fraction of sp³-hybridized carbons (Fsp3) is 0.545. The van der Waals surface area contributed by atoms with Crippen LogP contribution < -0.4 is 5.32 Å². The third-order valence-electron chi connectivity index (χ3n) is 6.85. The molecule has 1 saturated carbocycles. The summed E-state index contributed by atoms with van der Waals surface area (Å²) in [5.41, 5.74) is 1.26. The second kappa shape index (κ2) is 7.50. The van der Waals surface area contributed by atoms with Crippen molar-refractivity contribution >= 4 is 28.5 Å². The Labute approximate surface area is 174 Å². The van der Waals surface area contributed by atoms with E-state index in [1.807, 2.05) is 13.0 Å². The van der Waals surface area contributed by atoms with Gasteiger partial charge in [-0.3, -0.25) is 19.5 Å². The number of likely N-dealkylation sites (tertiary alicyclic amines) is 1. The lowest BCUT2D eigenvalue weighted by Crippen LogP contribution is -2.54. The van der Waals surface area contributed by atoms with Crippen LogP contribution in [0.4, 0.5) is 0 Å². The molecule has 2 N–H and O–H groups in total. The van der Waals surface area contributed by atoms with Crippen LogP contribution in [0.5, 0.6) is 0 Å². The first-order valence-electron chi connectivity index (χ1n) is 10.7. The van der Waals surface area contributed by atoms with Crippen molar-refractivity contribution in [1.29, 1.82) is 0 Å². The smallest absolute Gasteiger partial charge is 0.252 e. The van der Waals surface area contributed by atoms with Crippen LogP contribution >= 0.6 is 0 Å². The molecular weight excluding hydrogens is 384 g/mol. The van der Waals surface area contributed by atoms with Gasteiger partial charge < -0.3 is 15.0 Å². The number of nitrogens with one attached hydrogen (secondary N) is 2. The van der Waals surface area contributed by atoms with Gasteiger partial charge in [0.05, 0.1) is 17.8 Å². The molecule has 8 heteroatoms. The largest absolute Gasteiger partial charge is 0.367 e. The third-order valence-corrected chi connectivity index (χ3v) is 6.85. The number of carbonyl (C=O) groups excluding carboxylic acids is 3. The molecule has 158 valence electrons. The molecule has 2 amide bonds. The molecule has 0 bridgehead atoms. The number of ketones is 1. The molecule has 3 heterocycles. The summed E-state index contributed by atoms with van der Waals surface area (Å²) in [4.78, 5) is 40.7. The van der Waals surface area contributed by atoms with Crippen LogP contribution in [0.15, 0.2) is 24.4 Å². The molecule has 0 radical (unpaired) electrons. The number of ether oxygens (including phenoxy) is 1. The number of hydrogen-bond donors (Lipinski definition) is 2. The molecule has 1 aliphatic carbocycles. The maximum Gasteiger partial charge on any atom is 0.252 e. The number of H-pyrrole nitrogens is 1. The fourth-order valence-corrected chi connectivity index (χ4v) is 5.27. The summed E-state index contributed by atoms with van der Waals surface area (Å²) in [5.74, 6) is -0.290. The minimum Gasteiger partial charge on any atom is -0.367 e. The summed E-state index contributed by atoms with van der Waals surface area (Å²) in [5, 5.41) is 10.8. The van der Waals surface area contributed by atoms with Crippen molar-refractivity contribution in [3.63, 3.8) is 0 Å². The van der Waals surface area contributed by atoms with Crippen molar-refractivity contribution in [3.8, 4) is 0 Å². The number of nitrogens with zero attached hydrogens (tertiary/aromatic N) is 2. The molecule has 4 atom stereocenters. The minimum absolute atomic E-state index is 0.0427. The second-order valence-electron chi connectivity index (χ2n) is 8.82. The fourth-order valence-electron chi connectivity index (χ4n) is 5.27. The number of carbonyl (C=O) groups is 3. The molecule has 5 rings (SSSR count). The van der Waals surface area contributed by atoms with Gasteiger partial charge >= 0.3 is 0 Å². The van der Waals surface area contributed by atoms with E-state index >= 15 is 0 Å². The van der Waals surface area contributed by atoms with Crippen LogP contribution in [0.2, 0.25) is 0 Å². The topological polar surface area (TPSA) is 104 Å². The van der Waals surface area contributed by atoms with E-state index in [-0.39, 0.29) is 42.1 Å². The zero-order valence-corrected chi connectivity index (χ0v) is 17.0. The van der Waals surface area contributed by atoms with E-state index in [4.69, 9.17) is 4.74 Å². The van der Waals surface area contributed by atoms with Crippen molar-refractivity contribution in [2.45, 2.75) is 50.8 Å². The Hall–Kier alpha value is -2.74. The van der Waals surface area contributed by atoms with Crippen molar-refractivity contribution in [3.05, 3.63) is 30.0 Å². The van der Waals surface area contributed by atoms with E-state index in [1.54, 1.807) is 23.2 Å². The van der Waals surface area contributed by atoms with Crippen molar-refractivity contribution in [1.82, 2.24) is 20.4 Å². The lowest BCUT2D eigenvalue weighted by Gasteiger charge is -2.30. The highest BCUT2D eigenvalue weighted by Crippen LogP contribution is 2.35. The van der Waals surface area contributed by atoms with Crippen LogP contribution in [0.1, 0.15) is 43.0 Å². The van der Waals surface area contributed by atoms with Crippen LogP contribution in [0, 0.1) is 11.8 Å². The third kappa shape index (κ3) is 3.19. The zero-order valence-electron chi connectivity index (χ0n) is 17.0. The maximum atomic E-state index is 13.6. The molecule has 2 aliphatic heterocycles. The molecule has 3 fully saturated rings. The Balaban J connectivity index is 1.40. The Bertz CT molecular complexity index is 996. The van der Waals surface area contributed by atoms with Gasteiger partial charge in [-0.15, -0.1) is 0 Å². The molecule has 1 aromatic heterocycles. The molecule has 1 aromatic carbocycles. The van der Waals surface area contributed by atoms with Gasteiger partial charge in [0, 0.05) is 23.4 Å². The number of Topliss-reactive ketones (excluding diaryl/α,β-unsaturated/α-hetero) is 1. The maximum absolute atomic E-state index is 13.6. The Kier molecular flexibility index (Phi) is 4.81. The molecule has 30 heavy (non-hydrogen) atoms. The Morgan fingerprint density at radius 2 is 2.10 bits per heavy atom. The second-order valence-corrected chi connectivity index (χ2v) is 8.82. The van der Waals surface area contributed by atoms with Crippen LogP contribution in [0.3, 0.4) is 0 Å². The van der Waals surface area contributed by atoms with E-state index in [9.17, 15) is 14.4 Å². The number of fused-ring (bicyclic) bond motifs is 2. The molecule has 2 aromatic rings. The van der Waals surface area contributed by atoms with Gasteiger partial charge in [0.2, 0.25) is 5.91 Å². The lowest BCUT2D eigenvalue weighted by atomic mass is 9.95. The lowest BCUT2D eigenvalue weighted by molar-refractivity contribution is -0.139. The summed E-state index contributed by atoms with van der Waals surface area (Å²) in [6.45, 7) is 2.56. The number of benzene rings is 1. The monoisotopic (exact) mass is 410 g/mol. The first-order valence-corrected chi connectivity index (χ1v) is 10.7. The average molecular weight is 410 g/mol. The quantitative estimate of drug-likeness (QED) is 0.798. The van der Waals surface area contributed by atoms with Gasteiger partial charge in [-0.1, -0.05) is 25.8 Å². The number of aromatic amines is 1. The van der Waals surface area contributed by atoms with Gasteiger partial charge in [0.25, 0.3) is 5.91 Å². The van der Waals surface area contributed by atoms with Crippen LogP contribution in [-0.4, -0.2) is 64.0 Å². The summed E-state index contributed by atoms with van der Waals surface area (Å²) < 4.78 is 5.63. The van der Waals surface area contributed by atoms with E-state index in [0.717, 1.165) is 36.6 Å². The first-order chi connectivity index (χ1) is 14.5. The SMILES string of the molecule is C[C@H]1CN(C(=O)[C@@H](NC(=O)c2ccc3cn[nH]c3c2)C2CCCC2)[C@@H]2C(=O)CO[C@@H]21. The first kappa shape index (κ1) is 19.2. The van der Waals surface area contributed by atoms with Crippen LogP contribution in [0.25, 0.3) is 10.9 Å². The highest BCUT2D eigenvalue weighted by Gasteiger charge is 2.52. The van der Waals surface area contributed by atoms with Gasteiger partial charge in [0.15, 0.2) is 5.78 Å². The molecule has 2 saturated heterocycles. The molecule has 3 aliphatic rings. The van der Waals surface area contributed by atoms with E-state index in [2.05, 4.69) is 15.5 Å². The number of aromatic nitrogens is 2. The Morgan fingerprint density at radius 3 is 2.90 bits per heavy atom. The van der Waals surface area contributed by atoms with Crippen molar-refractivity contribution in [2.24, 2.45) is 11.8 Å². The summed E-state index contributed by atoms with van der Waals surface area (Å²) in [7, 11) is 0. The molecule has 0 unspecified atom stereocenters. The highest BCUT2D eigenvalue weighted by molar-refractivity contribution is 6.01. The van der Waals surface area contributed by atoms with Crippen molar-refractivity contribution in [2.75, 3.05) is 13.2 Å². The molecule has 0 spiro atoms. The summed E-state index contributed by atoms with van der Waals surface area (Å²) in [6.07, 6.45) is 5.37. The van der Waals surface area contributed by atoms with Gasteiger partial charge in [-0.05, 0) is 30.9 Å². The van der Waals surface area contributed by atoms with E-state index < -0.39 is 12.1 Å². The summed E-state index contributed by atoms with van der Waals surface area (Å²) in [6, 6.07) is 4.18. The Morgan fingerprint density at radius 1 is 1.30 bits per heavy atom. The van der Waals surface area contributed by atoms with Gasteiger partial charge in [-0.25, -0.2) is 0 Å². The number of hydrogen-bond acceptors (Lipinski definition) is 5. The number of amides is 2. The molecular formula is C22H26N4O4. The molecule has 8 nitrogen and oxygen atoms in total. The highest BCUT2D eigenvalue weighted by atomic mass is 16.5. The minimum atomic E-state index is -0.628. The van der Waals surface area contributed by atoms with Gasteiger partial charge in [0.1, 0.15) is 18.7 Å². The number of rotatable bonds is 4. The predicted octanol–water partition coefficient (Wildman–Crippen LogP) is 1.67. The van der Waals surface area contributed by atoms with Crippen molar-refractivity contribution < 1.29 is 19.1 Å². The standard InChI is InChI=1S/C22H26N4O4/c1-12-10-26(19-17(27)11-30-20(12)19)22(29)18(13-4-2-3-5-13)24-21(28)14-6-7-15-9-23-25-16(15)8-14/h6-9,12-13,18-20H,2-5,10-11H2,1H3,(H,23,25)(H,24,28)/t12-,18-,19+,20+/m0/s1. The van der Waals surface area contributed by atoms with Crippen LogP contribution in [-0.2, 0) is 14.3 Å². The predicted molar refractivity (Wildman–Crippen MR) is 109 cm³/mol. The van der Waals surface area contributed by atoms with Gasteiger partial charge in [-0.2, -0.15) is 5.10 Å². The normalized spacial score (nSPS) is 27.6. The van der Waals surface area contributed by atoms with E-state index in [0.29, 0.717) is 12.1 Å². The summed E-state index contributed by atoms with van der Waals surface area (Å²) >= 11 is 0. The zero-order chi connectivity index (χ0) is 20.8. The van der Waals surface area contributed by atoms with E-state index in [1.165, 1.54) is 0 Å².